The number of aromatic nitrogens is 4. The van der Waals surface area contributed by atoms with E-state index < -0.39 is 0 Å². The Morgan fingerprint density at radius 3 is 2.68 bits per heavy atom. The van der Waals surface area contributed by atoms with Crippen molar-refractivity contribution in [3.8, 4) is 22.8 Å². The average Bonchev–Trinajstić information content (AvgIpc) is 3.31. The number of rotatable bonds is 8. The standard InChI is InChI=1S/C24H25N5O4S/c1-5-15-8-6-7-14(2)22(15)25-21(30)13-34-24-27-26-23(31)18-12-17(28-29(18)24)16-9-10-19(32-3)20(11-16)33-4/h6-12H,5,13H2,1-4H3,(H,25,30)(H,26,31). The molecule has 2 heterocycles. The Labute approximate surface area is 200 Å². The topological polar surface area (TPSA) is 111 Å². The molecule has 2 aromatic heterocycles. The van der Waals surface area contributed by atoms with Crippen molar-refractivity contribution in [1.29, 1.82) is 0 Å². The fraction of sp³-hybridized carbons (Fsp3) is 0.250. The van der Waals surface area contributed by atoms with Gasteiger partial charge in [0.05, 0.1) is 25.7 Å². The van der Waals surface area contributed by atoms with Crippen molar-refractivity contribution in [2.75, 3.05) is 25.3 Å². The van der Waals surface area contributed by atoms with Gasteiger partial charge in [0.1, 0.15) is 5.52 Å². The summed E-state index contributed by atoms with van der Waals surface area (Å²) in [6.45, 7) is 4.02. The van der Waals surface area contributed by atoms with Gasteiger partial charge in [-0.25, -0.2) is 9.61 Å². The second-order valence-corrected chi connectivity index (χ2v) is 8.47. The molecule has 0 unspecified atom stereocenters. The monoisotopic (exact) mass is 479 g/mol. The number of ether oxygens (including phenoxy) is 2. The van der Waals surface area contributed by atoms with Crippen molar-refractivity contribution in [3.05, 3.63) is 63.9 Å². The molecule has 0 radical (unpaired) electrons. The Morgan fingerprint density at radius 2 is 1.94 bits per heavy atom. The molecule has 0 fully saturated rings. The first-order valence-electron chi connectivity index (χ1n) is 10.7. The lowest BCUT2D eigenvalue weighted by atomic mass is 10.1. The van der Waals surface area contributed by atoms with E-state index in [1.165, 1.54) is 16.3 Å². The number of hydrogen-bond donors (Lipinski definition) is 2. The van der Waals surface area contributed by atoms with Crippen LogP contribution in [-0.4, -0.2) is 45.7 Å². The maximum atomic E-state index is 12.7. The number of amides is 1. The summed E-state index contributed by atoms with van der Waals surface area (Å²) >= 11 is 1.19. The van der Waals surface area contributed by atoms with Gasteiger partial charge in [0, 0.05) is 11.3 Å². The van der Waals surface area contributed by atoms with Gasteiger partial charge in [-0.3, -0.25) is 9.59 Å². The highest BCUT2D eigenvalue weighted by Crippen LogP contribution is 2.32. The second kappa shape index (κ2) is 10.0. The van der Waals surface area contributed by atoms with Gasteiger partial charge in [0.2, 0.25) is 11.1 Å². The van der Waals surface area contributed by atoms with Crippen molar-refractivity contribution >= 4 is 28.9 Å². The molecule has 0 aliphatic heterocycles. The molecule has 4 rings (SSSR count). The molecular formula is C24H25N5O4S. The zero-order valence-corrected chi connectivity index (χ0v) is 20.2. The van der Waals surface area contributed by atoms with E-state index in [1.54, 1.807) is 32.4 Å². The lowest BCUT2D eigenvalue weighted by Crippen LogP contribution is -2.18. The highest BCUT2D eigenvalue weighted by molar-refractivity contribution is 7.99. The quantitative estimate of drug-likeness (QED) is 0.371. The molecule has 4 aromatic rings. The Bertz CT molecular complexity index is 1410. The van der Waals surface area contributed by atoms with Crippen molar-refractivity contribution in [3.63, 3.8) is 0 Å². The molecule has 176 valence electrons. The molecule has 0 bridgehead atoms. The first kappa shape index (κ1) is 23.4. The van der Waals surface area contributed by atoms with Crippen molar-refractivity contribution < 1.29 is 14.3 Å². The van der Waals surface area contributed by atoms with Crippen LogP contribution in [0.25, 0.3) is 16.8 Å². The van der Waals surface area contributed by atoms with E-state index in [0.29, 0.717) is 27.9 Å². The highest BCUT2D eigenvalue weighted by Gasteiger charge is 2.16. The molecule has 10 heteroatoms. The van der Waals surface area contributed by atoms with Crippen LogP contribution in [-0.2, 0) is 11.2 Å². The largest absolute Gasteiger partial charge is 0.493 e. The number of fused-ring (bicyclic) bond motifs is 1. The Kier molecular flexibility index (Phi) is 6.87. The zero-order valence-electron chi connectivity index (χ0n) is 19.3. The number of benzene rings is 2. The molecule has 0 atom stereocenters. The summed E-state index contributed by atoms with van der Waals surface area (Å²) in [5.74, 6) is 1.09. The SMILES string of the molecule is CCc1cccc(C)c1NC(=O)CSc1n[nH]c(=O)c2cc(-c3ccc(OC)c(OC)c3)nn12. The number of anilines is 1. The minimum absolute atomic E-state index is 0.108. The van der Waals surface area contributed by atoms with Gasteiger partial charge >= 0.3 is 0 Å². The molecule has 2 aromatic carbocycles. The van der Waals surface area contributed by atoms with Gasteiger partial charge in [-0.05, 0) is 48.7 Å². The van der Waals surface area contributed by atoms with Crippen LogP contribution in [0.4, 0.5) is 5.69 Å². The van der Waals surface area contributed by atoms with E-state index >= 15 is 0 Å². The predicted octanol–water partition coefficient (Wildman–Crippen LogP) is 3.70. The Hall–Kier alpha value is -3.79. The normalized spacial score (nSPS) is 10.9. The Balaban J connectivity index is 1.59. The molecule has 0 saturated carbocycles. The fourth-order valence-electron chi connectivity index (χ4n) is 3.63. The number of nitrogens with one attached hydrogen (secondary N) is 2. The molecular weight excluding hydrogens is 454 g/mol. The number of nitrogens with zero attached hydrogens (tertiary/aromatic N) is 3. The van der Waals surface area contributed by atoms with E-state index in [2.05, 4.69) is 20.6 Å². The lowest BCUT2D eigenvalue weighted by Gasteiger charge is -2.12. The summed E-state index contributed by atoms with van der Waals surface area (Å²) < 4.78 is 12.1. The van der Waals surface area contributed by atoms with Crippen LogP contribution in [0, 0.1) is 6.92 Å². The molecule has 9 nitrogen and oxygen atoms in total. The summed E-state index contributed by atoms with van der Waals surface area (Å²) in [5, 5.41) is 14.6. The number of para-hydroxylation sites is 1. The summed E-state index contributed by atoms with van der Waals surface area (Å²) in [6, 6.07) is 13.0. The van der Waals surface area contributed by atoms with E-state index in [0.717, 1.165) is 28.8 Å². The molecule has 0 aliphatic carbocycles. The van der Waals surface area contributed by atoms with E-state index in [-0.39, 0.29) is 17.2 Å². The third-order valence-electron chi connectivity index (χ3n) is 5.39. The minimum atomic E-state index is -0.375. The first-order chi connectivity index (χ1) is 16.4. The van der Waals surface area contributed by atoms with Crippen molar-refractivity contribution in [1.82, 2.24) is 19.8 Å². The van der Waals surface area contributed by atoms with Gasteiger partial charge in [-0.15, -0.1) is 5.10 Å². The molecule has 1 amide bonds. The van der Waals surface area contributed by atoms with E-state index in [9.17, 15) is 9.59 Å². The molecule has 0 aliphatic rings. The maximum absolute atomic E-state index is 12.7. The van der Waals surface area contributed by atoms with Crippen LogP contribution in [0.2, 0.25) is 0 Å². The van der Waals surface area contributed by atoms with Crippen LogP contribution in [0.5, 0.6) is 11.5 Å². The fourth-order valence-corrected chi connectivity index (χ4v) is 4.33. The highest BCUT2D eigenvalue weighted by atomic mass is 32.2. The first-order valence-corrected chi connectivity index (χ1v) is 11.7. The number of carbonyl (C=O) groups excluding carboxylic acids is 1. The summed E-state index contributed by atoms with van der Waals surface area (Å²) in [6.07, 6.45) is 0.818. The molecule has 0 saturated heterocycles. The molecule has 34 heavy (non-hydrogen) atoms. The van der Waals surface area contributed by atoms with Gasteiger partial charge in [0.25, 0.3) is 5.56 Å². The smallest absolute Gasteiger partial charge is 0.290 e. The minimum Gasteiger partial charge on any atom is -0.493 e. The predicted molar refractivity (Wildman–Crippen MR) is 132 cm³/mol. The number of H-pyrrole nitrogens is 1. The summed E-state index contributed by atoms with van der Waals surface area (Å²) in [7, 11) is 3.12. The lowest BCUT2D eigenvalue weighted by molar-refractivity contribution is -0.113. The van der Waals surface area contributed by atoms with Crippen LogP contribution >= 0.6 is 11.8 Å². The van der Waals surface area contributed by atoms with E-state index in [1.807, 2.05) is 38.1 Å². The molecule has 0 spiro atoms. The van der Waals surface area contributed by atoms with Crippen LogP contribution in [0.1, 0.15) is 18.1 Å². The van der Waals surface area contributed by atoms with Gasteiger partial charge < -0.3 is 14.8 Å². The van der Waals surface area contributed by atoms with Gasteiger partial charge in [0.15, 0.2) is 11.5 Å². The Morgan fingerprint density at radius 1 is 1.15 bits per heavy atom. The number of methoxy groups -OCH3 is 2. The number of thioether (sulfide) groups is 1. The number of hydrogen-bond acceptors (Lipinski definition) is 7. The summed E-state index contributed by atoms with van der Waals surface area (Å²) in [5.41, 5.74) is 4.20. The second-order valence-electron chi connectivity index (χ2n) is 7.53. The zero-order chi connectivity index (χ0) is 24.2. The van der Waals surface area contributed by atoms with E-state index in [4.69, 9.17) is 9.47 Å². The third kappa shape index (κ3) is 4.62. The third-order valence-corrected chi connectivity index (χ3v) is 6.32. The van der Waals surface area contributed by atoms with Crippen LogP contribution < -0.4 is 20.3 Å². The van der Waals surface area contributed by atoms with Crippen molar-refractivity contribution in [2.24, 2.45) is 0 Å². The van der Waals surface area contributed by atoms with Gasteiger partial charge in [-0.1, -0.05) is 36.9 Å². The average molecular weight is 480 g/mol. The summed E-state index contributed by atoms with van der Waals surface area (Å²) in [4.78, 5) is 25.1. The van der Waals surface area contributed by atoms with Crippen LogP contribution in [0.15, 0.2) is 52.4 Å². The number of aryl methyl sites for hydroxylation is 2. The number of carbonyl (C=O) groups is 1. The maximum Gasteiger partial charge on any atom is 0.290 e. The van der Waals surface area contributed by atoms with Crippen molar-refractivity contribution in [2.45, 2.75) is 25.4 Å². The molecule has 2 N–H and O–H groups in total. The van der Waals surface area contributed by atoms with Crippen LogP contribution in [0.3, 0.4) is 0 Å². The van der Waals surface area contributed by atoms with Gasteiger partial charge in [-0.2, -0.15) is 5.10 Å². The number of aromatic amines is 1.